The van der Waals surface area contributed by atoms with Gasteiger partial charge in [-0.05, 0) is 63.1 Å². The predicted molar refractivity (Wildman–Crippen MR) is 123 cm³/mol. The zero-order valence-corrected chi connectivity index (χ0v) is 18.6. The number of rotatable bonds is 2. The molecule has 3 aromatic rings. The van der Waals surface area contributed by atoms with Crippen LogP contribution in [0.1, 0.15) is 43.0 Å². The number of aryl methyl sites for hydroxylation is 1. The van der Waals surface area contributed by atoms with E-state index in [0.717, 1.165) is 32.7 Å². The largest absolute Gasteiger partial charge is 0.442 e. The number of nitrogens with one attached hydrogen (secondary N) is 1. The highest BCUT2D eigenvalue weighted by atomic mass is 32.2. The van der Waals surface area contributed by atoms with E-state index in [-0.39, 0.29) is 5.50 Å². The normalized spacial score (nSPS) is 16.3. The molecule has 2 aromatic carbocycles. The summed E-state index contributed by atoms with van der Waals surface area (Å²) in [7, 11) is 0. The number of carbonyl (C=O) groups excluding carboxylic acids is 1. The summed E-state index contributed by atoms with van der Waals surface area (Å²) in [4.78, 5) is 13.6. The molecule has 7 nitrogen and oxygen atoms in total. The second-order valence-corrected chi connectivity index (χ2v) is 9.50. The summed E-state index contributed by atoms with van der Waals surface area (Å²) >= 11 is 1.52. The van der Waals surface area contributed by atoms with Crippen LogP contribution in [-0.2, 0) is 4.74 Å². The predicted octanol–water partition coefficient (Wildman–Crippen LogP) is 4.40. The van der Waals surface area contributed by atoms with Crippen LogP contribution in [-0.4, -0.2) is 27.0 Å². The van der Waals surface area contributed by atoms with Crippen molar-refractivity contribution in [3.63, 3.8) is 0 Å². The van der Waals surface area contributed by atoms with Crippen molar-refractivity contribution >= 4 is 39.4 Å². The van der Waals surface area contributed by atoms with E-state index >= 15 is 0 Å². The van der Waals surface area contributed by atoms with Gasteiger partial charge in [0.05, 0.1) is 29.0 Å². The molecule has 0 bridgehead atoms. The third-order valence-electron chi connectivity index (χ3n) is 4.72. The van der Waals surface area contributed by atoms with E-state index in [1.807, 2.05) is 58.0 Å². The minimum Gasteiger partial charge on any atom is -0.442 e. The van der Waals surface area contributed by atoms with E-state index in [1.54, 1.807) is 12.3 Å². The molecule has 0 radical (unpaired) electrons. The lowest BCUT2D eigenvalue weighted by Gasteiger charge is -2.19. The molecule has 0 amide bonds. The molecule has 3 N–H and O–H groups in total. The van der Waals surface area contributed by atoms with Gasteiger partial charge in [0, 0.05) is 15.9 Å². The molecule has 31 heavy (non-hydrogen) atoms. The van der Waals surface area contributed by atoms with Gasteiger partial charge in [-0.3, -0.25) is 0 Å². The van der Waals surface area contributed by atoms with Gasteiger partial charge in [-0.2, -0.15) is 15.0 Å². The fraction of sp³-hybridized carbons (Fsp3) is 0.261. The SMILES string of the molecule is Cc1cc(C2=C(c3cccc(C#N)c3)NC(N)S2)cc2cnn(C(=O)OC(C)(C)C)c12. The smallest absolute Gasteiger partial charge is 0.435 e. The van der Waals surface area contributed by atoms with Gasteiger partial charge >= 0.3 is 6.09 Å². The van der Waals surface area contributed by atoms with Crippen LogP contribution in [0.15, 0.2) is 42.6 Å². The van der Waals surface area contributed by atoms with Gasteiger partial charge in [0.15, 0.2) is 0 Å². The summed E-state index contributed by atoms with van der Waals surface area (Å²) in [6.07, 6.45) is 1.16. The van der Waals surface area contributed by atoms with E-state index in [2.05, 4.69) is 16.5 Å². The third kappa shape index (κ3) is 4.15. The Bertz CT molecular complexity index is 1260. The standard InChI is InChI=1S/C23H23N5O2S/c1-13-8-16(10-17-12-26-28(19(13)17)22(29)30-23(2,3)4)20-18(27-21(25)31-20)15-7-5-6-14(9-15)11-24/h5-10,12,21,27H,25H2,1-4H3. The van der Waals surface area contributed by atoms with Gasteiger partial charge in [-0.1, -0.05) is 23.9 Å². The van der Waals surface area contributed by atoms with E-state index in [4.69, 9.17) is 10.5 Å². The van der Waals surface area contributed by atoms with Crippen LogP contribution in [0.3, 0.4) is 0 Å². The van der Waals surface area contributed by atoms with Crippen molar-refractivity contribution < 1.29 is 9.53 Å². The summed E-state index contributed by atoms with van der Waals surface area (Å²) in [5.74, 6) is 0. The van der Waals surface area contributed by atoms with Gasteiger partial charge in [0.2, 0.25) is 0 Å². The maximum atomic E-state index is 12.6. The number of nitriles is 1. The van der Waals surface area contributed by atoms with Crippen LogP contribution in [0.5, 0.6) is 0 Å². The lowest BCUT2D eigenvalue weighted by atomic mass is 10.0. The molecule has 0 aliphatic carbocycles. The van der Waals surface area contributed by atoms with Crippen molar-refractivity contribution in [2.45, 2.75) is 38.8 Å². The fourth-order valence-corrected chi connectivity index (χ4v) is 4.52. The summed E-state index contributed by atoms with van der Waals surface area (Å²) in [5.41, 5.74) is 10.2. The number of hydrogen-bond donors (Lipinski definition) is 2. The molecule has 4 rings (SSSR count). The van der Waals surface area contributed by atoms with Crippen LogP contribution in [0.4, 0.5) is 4.79 Å². The molecule has 1 aliphatic heterocycles. The zero-order chi connectivity index (χ0) is 22.3. The van der Waals surface area contributed by atoms with Gasteiger partial charge in [0.1, 0.15) is 11.1 Å². The number of aromatic nitrogens is 2. The molecule has 158 valence electrons. The Morgan fingerprint density at radius 3 is 2.77 bits per heavy atom. The molecule has 1 aliphatic rings. The average molecular weight is 434 g/mol. The van der Waals surface area contributed by atoms with Crippen molar-refractivity contribution in [2.24, 2.45) is 5.73 Å². The van der Waals surface area contributed by atoms with Crippen LogP contribution in [0.2, 0.25) is 0 Å². The lowest BCUT2D eigenvalue weighted by Crippen LogP contribution is -2.28. The molecule has 1 aromatic heterocycles. The number of carbonyl (C=O) groups is 1. The van der Waals surface area contributed by atoms with Gasteiger partial charge in [-0.25, -0.2) is 4.79 Å². The average Bonchev–Trinajstić information content (AvgIpc) is 3.30. The Hall–Kier alpha value is -3.28. The number of fused-ring (bicyclic) bond motifs is 1. The summed E-state index contributed by atoms with van der Waals surface area (Å²) in [6.45, 7) is 7.41. The second kappa shape index (κ2) is 7.76. The van der Waals surface area contributed by atoms with Gasteiger partial charge < -0.3 is 15.8 Å². The molecule has 0 saturated carbocycles. The van der Waals surface area contributed by atoms with Gasteiger partial charge in [-0.15, -0.1) is 0 Å². The highest BCUT2D eigenvalue weighted by Crippen LogP contribution is 2.42. The molecule has 0 fully saturated rings. The molecular formula is C23H23N5O2S. The number of thioether (sulfide) groups is 1. The van der Waals surface area contributed by atoms with E-state index in [0.29, 0.717) is 11.1 Å². The monoisotopic (exact) mass is 433 g/mol. The first-order chi connectivity index (χ1) is 14.7. The first-order valence-electron chi connectivity index (χ1n) is 9.82. The zero-order valence-electron chi connectivity index (χ0n) is 17.8. The number of nitrogens with zero attached hydrogens (tertiary/aromatic N) is 3. The summed E-state index contributed by atoms with van der Waals surface area (Å²) in [5, 5.41) is 17.7. The molecular weight excluding hydrogens is 410 g/mol. The fourth-order valence-electron chi connectivity index (χ4n) is 3.54. The number of hydrogen-bond acceptors (Lipinski definition) is 7. The molecule has 2 heterocycles. The summed E-state index contributed by atoms with van der Waals surface area (Å²) < 4.78 is 6.78. The maximum Gasteiger partial charge on any atom is 0.435 e. The Labute approximate surface area is 184 Å². The van der Waals surface area contributed by atoms with Gasteiger partial charge in [0.25, 0.3) is 0 Å². The third-order valence-corrected chi connectivity index (χ3v) is 5.77. The first kappa shape index (κ1) is 21.0. The van der Waals surface area contributed by atoms with Crippen molar-refractivity contribution in [2.75, 3.05) is 0 Å². The van der Waals surface area contributed by atoms with Crippen LogP contribution < -0.4 is 11.1 Å². The summed E-state index contributed by atoms with van der Waals surface area (Å²) in [6, 6.07) is 13.6. The van der Waals surface area contributed by atoms with Crippen LogP contribution in [0, 0.1) is 18.3 Å². The minimum absolute atomic E-state index is 0.295. The lowest BCUT2D eigenvalue weighted by molar-refractivity contribution is 0.0522. The van der Waals surface area contributed by atoms with Crippen molar-refractivity contribution in [1.82, 2.24) is 15.1 Å². The molecule has 1 unspecified atom stereocenters. The number of nitrogens with two attached hydrogens (primary N) is 1. The highest BCUT2D eigenvalue weighted by Gasteiger charge is 2.26. The van der Waals surface area contributed by atoms with Crippen LogP contribution in [0.25, 0.3) is 21.5 Å². The van der Waals surface area contributed by atoms with Crippen molar-refractivity contribution in [1.29, 1.82) is 5.26 Å². The Kier molecular flexibility index (Phi) is 5.25. The molecule has 1 atom stereocenters. The molecule has 8 heteroatoms. The quantitative estimate of drug-likeness (QED) is 0.617. The first-order valence-corrected chi connectivity index (χ1v) is 10.7. The Morgan fingerprint density at radius 1 is 1.29 bits per heavy atom. The highest BCUT2D eigenvalue weighted by molar-refractivity contribution is 8.09. The number of ether oxygens (including phenoxy) is 1. The van der Waals surface area contributed by atoms with Crippen molar-refractivity contribution in [3.05, 3.63) is 64.8 Å². The Balaban J connectivity index is 1.80. The van der Waals surface area contributed by atoms with Crippen LogP contribution >= 0.6 is 11.8 Å². The van der Waals surface area contributed by atoms with E-state index in [9.17, 15) is 10.1 Å². The minimum atomic E-state index is -0.608. The maximum absolute atomic E-state index is 12.6. The molecule has 0 saturated heterocycles. The Morgan fingerprint density at radius 2 is 2.06 bits per heavy atom. The number of benzene rings is 2. The topological polar surface area (TPSA) is 106 Å². The van der Waals surface area contributed by atoms with E-state index in [1.165, 1.54) is 16.4 Å². The molecule has 0 spiro atoms. The van der Waals surface area contributed by atoms with Crippen molar-refractivity contribution in [3.8, 4) is 6.07 Å². The van der Waals surface area contributed by atoms with E-state index < -0.39 is 11.7 Å². The second-order valence-electron chi connectivity index (χ2n) is 8.35.